The van der Waals surface area contributed by atoms with Crippen molar-refractivity contribution in [1.82, 2.24) is 4.98 Å². The zero-order valence-electron chi connectivity index (χ0n) is 11.6. The van der Waals surface area contributed by atoms with Gasteiger partial charge in [-0.15, -0.1) is 0 Å². The highest BCUT2D eigenvalue weighted by Gasteiger charge is 2.34. The zero-order chi connectivity index (χ0) is 13.3. The van der Waals surface area contributed by atoms with E-state index in [1.165, 1.54) is 5.69 Å². The fourth-order valence-corrected chi connectivity index (χ4v) is 12.2. The van der Waals surface area contributed by atoms with Gasteiger partial charge >= 0.3 is 0 Å². The molecule has 0 N–H and O–H groups in total. The second kappa shape index (κ2) is 4.63. The van der Waals surface area contributed by atoms with Gasteiger partial charge in [-0.2, -0.15) is 5.26 Å². The van der Waals surface area contributed by atoms with Crippen molar-refractivity contribution >= 4 is 22.2 Å². The molecule has 17 heavy (non-hydrogen) atoms. The van der Waals surface area contributed by atoms with E-state index in [1.807, 2.05) is 18.3 Å². The Morgan fingerprint density at radius 1 is 1.06 bits per heavy atom. The topological polar surface area (TPSA) is 39.9 Å². The summed E-state index contributed by atoms with van der Waals surface area (Å²) in [4.78, 5) is 4.19. The predicted molar refractivity (Wildman–Crippen MR) is 78.1 cm³/mol. The fraction of sp³-hybridized carbons (Fsp3) is 0.500. The van der Waals surface area contributed by atoms with Crippen molar-refractivity contribution in [3.8, 4) is 6.07 Å². The molecule has 3 nitrogen and oxygen atoms in total. The Morgan fingerprint density at radius 2 is 1.59 bits per heavy atom. The summed E-state index contributed by atoms with van der Waals surface area (Å²) in [7, 11) is -2.84. The highest BCUT2D eigenvalue weighted by atomic mass is 28.4. The van der Waals surface area contributed by atoms with E-state index >= 15 is 0 Å². The smallest absolute Gasteiger partial charge is 0.140 e. The molecule has 92 valence electrons. The number of rotatable bonds is 3. The maximum atomic E-state index is 8.78. The second-order valence-electron chi connectivity index (χ2n) is 6.19. The molecule has 5 heteroatoms. The normalized spacial score (nSPS) is 12.1. The van der Waals surface area contributed by atoms with Crippen LogP contribution in [-0.2, 0) is 0 Å². The molecule has 0 unspecified atom stereocenters. The van der Waals surface area contributed by atoms with Crippen LogP contribution in [-0.4, -0.2) is 21.5 Å². The molecule has 0 aliphatic rings. The largest absolute Gasteiger partial charge is 0.423 e. The summed E-state index contributed by atoms with van der Waals surface area (Å²) in [6, 6.07) is 5.90. The first-order chi connectivity index (χ1) is 7.66. The number of hydrogen-bond acceptors (Lipinski definition) is 3. The van der Waals surface area contributed by atoms with Crippen LogP contribution in [0.3, 0.4) is 0 Å². The van der Waals surface area contributed by atoms with E-state index < -0.39 is 16.5 Å². The Bertz CT molecular complexity index is 407. The van der Waals surface area contributed by atoms with Crippen LogP contribution in [0.25, 0.3) is 0 Å². The van der Waals surface area contributed by atoms with E-state index in [-0.39, 0.29) is 0 Å². The van der Waals surface area contributed by atoms with E-state index in [4.69, 9.17) is 5.26 Å². The van der Waals surface area contributed by atoms with Gasteiger partial charge in [-0.05, 0) is 12.1 Å². The number of hydrogen-bond donors (Lipinski definition) is 0. The summed E-state index contributed by atoms with van der Waals surface area (Å²) in [5.74, 6) is 0. The molecule has 1 aromatic heterocycles. The number of nitrogens with zero attached hydrogens (tertiary/aromatic N) is 3. The average molecular weight is 263 g/mol. The minimum absolute atomic E-state index is 0.486. The quantitative estimate of drug-likeness (QED) is 0.784. The maximum absolute atomic E-state index is 8.78. The third-order valence-corrected chi connectivity index (χ3v) is 9.69. The highest BCUT2D eigenvalue weighted by molar-refractivity contribution is 6.99. The lowest BCUT2D eigenvalue weighted by Crippen LogP contribution is -2.59. The van der Waals surface area contributed by atoms with E-state index in [9.17, 15) is 0 Å². The van der Waals surface area contributed by atoms with E-state index in [2.05, 4.69) is 54.6 Å². The van der Waals surface area contributed by atoms with Crippen molar-refractivity contribution in [2.45, 2.75) is 39.3 Å². The fourth-order valence-electron chi connectivity index (χ4n) is 2.37. The van der Waals surface area contributed by atoms with Crippen LogP contribution >= 0.6 is 0 Å². The van der Waals surface area contributed by atoms with Gasteiger partial charge in [-0.1, -0.05) is 39.3 Å². The number of aromatic nitrogens is 1. The van der Waals surface area contributed by atoms with Crippen molar-refractivity contribution in [1.29, 1.82) is 5.26 Å². The third kappa shape index (κ3) is 3.41. The van der Waals surface area contributed by atoms with Crippen LogP contribution in [0.4, 0.5) is 5.69 Å². The van der Waals surface area contributed by atoms with E-state index in [1.54, 1.807) is 0 Å². The molecule has 0 saturated carbocycles. The van der Waals surface area contributed by atoms with E-state index in [0.717, 1.165) is 0 Å². The Morgan fingerprint density at radius 3 is 1.88 bits per heavy atom. The van der Waals surface area contributed by atoms with Crippen molar-refractivity contribution in [2.75, 3.05) is 4.23 Å². The van der Waals surface area contributed by atoms with Crippen LogP contribution in [0.1, 0.15) is 5.69 Å². The van der Waals surface area contributed by atoms with Crippen LogP contribution in [0.2, 0.25) is 39.3 Å². The molecule has 0 amide bonds. The van der Waals surface area contributed by atoms with Crippen molar-refractivity contribution in [3.63, 3.8) is 0 Å². The summed E-state index contributed by atoms with van der Waals surface area (Å²) >= 11 is 0. The third-order valence-electron chi connectivity index (χ3n) is 2.46. The molecule has 0 aliphatic heterocycles. The van der Waals surface area contributed by atoms with Gasteiger partial charge in [0.05, 0.1) is 6.20 Å². The first-order valence-electron chi connectivity index (χ1n) is 5.83. The van der Waals surface area contributed by atoms with Gasteiger partial charge < -0.3 is 4.23 Å². The minimum atomic E-state index is -1.42. The number of anilines is 1. The first kappa shape index (κ1) is 13.9. The van der Waals surface area contributed by atoms with Crippen molar-refractivity contribution < 1.29 is 0 Å². The molecule has 1 aromatic rings. The van der Waals surface area contributed by atoms with Gasteiger partial charge in [0.25, 0.3) is 0 Å². The minimum Gasteiger partial charge on any atom is -0.423 e. The van der Waals surface area contributed by atoms with Crippen molar-refractivity contribution in [2.24, 2.45) is 0 Å². The van der Waals surface area contributed by atoms with Crippen LogP contribution in [0.15, 0.2) is 18.3 Å². The molecule has 1 heterocycles. The Hall–Kier alpha value is -1.13. The summed E-state index contributed by atoms with van der Waals surface area (Å²) < 4.78 is 2.59. The molecule has 1 rings (SSSR count). The van der Waals surface area contributed by atoms with Gasteiger partial charge in [0.2, 0.25) is 0 Å². The lowest BCUT2D eigenvalue weighted by Gasteiger charge is -2.45. The zero-order valence-corrected chi connectivity index (χ0v) is 13.6. The van der Waals surface area contributed by atoms with Gasteiger partial charge in [-0.3, -0.25) is 0 Å². The number of pyridine rings is 1. The molecule has 0 radical (unpaired) electrons. The molecule has 0 bridgehead atoms. The lowest BCUT2D eigenvalue weighted by molar-refractivity contribution is 1.23. The summed E-state index contributed by atoms with van der Waals surface area (Å²) in [6.07, 6.45) is 1.84. The van der Waals surface area contributed by atoms with Crippen molar-refractivity contribution in [3.05, 3.63) is 24.0 Å². The molecule has 0 atom stereocenters. The summed E-state index contributed by atoms with van der Waals surface area (Å²) in [5.41, 5.74) is 1.65. The molecule has 0 aliphatic carbocycles. The summed E-state index contributed by atoms with van der Waals surface area (Å²) in [5, 5.41) is 8.78. The lowest BCUT2D eigenvalue weighted by atomic mass is 10.3. The standard InChI is InChI=1S/C12H21N3Si2/c1-16(2,3)15(17(4,5)6)12-8-7-11(9-13)14-10-12/h7-8,10H,1-6H3. The van der Waals surface area contributed by atoms with Gasteiger partial charge in [0.1, 0.15) is 28.2 Å². The Kier molecular flexibility index (Phi) is 3.79. The average Bonchev–Trinajstić information content (AvgIpc) is 2.14. The monoisotopic (exact) mass is 263 g/mol. The van der Waals surface area contributed by atoms with Crippen LogP contribution in [0.5, 0.6) is 0 Å². The first-order valence-corrected chi connectivity index (χ1v) is 12.7. The Labute approximate surface area is 106 Å². The molecular weight excluding hydrogens is 242 g/mol. The van der Waals surface area contributed by atoms with Crippen LogP contribution in [0, 0.1) is 11.3 Å². The highest BCUT2D eigenvalue weighted by Crippen LogP contribution is 2.27. The van der Waals surface area contributed by atoms with Gasteiger partial charge in [0, 0.05) is 5.69 Å². The summed E-state index contributed by atoms with van der Waals surface area (Å²) in [6.45, 7) is 14.1. The maximum Gasteiger partial charge on any atom is 0.140 e. The molecule has 0 spiro atoms. The van der Waals surface area contributed by atoms with Gasteiger partial charge in [-0.25, -0.2) is 4.98 Å². The molecule has 0 aromatic carbocycles. The Balaban J connectivity index is 3.20. The second-order valence-corrected chi connectivity index (χ2v) is 16.2. The molecular formula is C12H21N3Si2. The SMILES string of the molecule is C[Si](C)(C)N(c1ccc(C#N)nc1)[Si](C)(C)C. The molecule has 0 saturated heterocycles. The predicted octanol–water partition coefficient (Wildman–Crippen LogP) is 3.43. The van der Waals surface area contributed by atoms with Crippen LogP contribution < -0.4 is 4.23 Å². The van der Waals surface area contributed by atoms with Gasteiger partial charge in [0.15, 0.2) is 0 Å². The number of nitriles is 1. The molecule has 0 fully saturated rings. The van der Waals surface area contributed by atoms with E-state index in [0.29, 0.717) is 5.69 Å².